The minimum atomic E-state index is -3.03. The predicted molar refractivity (Wildman–Crippen MR) is 109 cm³/mol. The van der Waals surface area contributed by atoms with E-state index in [0.29, 0.717) is 17.5 Å². The summed E-state index contributed by atoms with van der Waals surface area (Å²) in [7, 11) is -3.03. The first-order chi connectivity index (χ1) is 13.0. The molecule has 1 fully saturated rings. The topological polar surface area (TPSA) is 102 Å². The highest BCUT2D eigenvalue weighted by Crippen LogP contribution is 2.28. The minimum absolute atomic E-state index is 0.00535. The average Bonchev–Trinajstić information content (AvgIpc) is 3.20. The van der Waals surface area contributed by atoms with E-state index in [-0.39, 0.29) is 28.9 Å². The van der Waals surface area contributed by atoms with Crippen LogP contribution in [0, 0.1) is 0 Å². The number of sulfone groups is 1. The normalized spacial score (nSPS) is 20.1. The van der Waals surface area contributed by atoms with Crippen LogP contribution in [0.1, 0.15) is 39.7 Å². The monoisotopic (exact) mass is 423 g/mol. The SMILES string of the molecule is CC(Sc1nnc(-c2ccc(C(C)(C)C)cc2)o1)C(=O)NC1CCS(=O)(=O)C1. The molecule has 1 amide bonds. The van der Waals surface area contributed by atoms with Gasteiger partial charge >= 0.3 is 0 Å². The van der Waals surface area contributed by atoms with Crippen molar-refractivity contribution in [2.45, 2.75) is 56.0 Å². The molecule has 3 rings (SSSR count). The lowest BCUT2D eigenvalue weighted by Crippen LogP contribution is -2.39. The molecule has 9 heteroatoms. The molecule has 0 spiro atoms. The third kappa shape index (κ3) is 5.14. The largest absolute Gasteiger partial charge is 0.411 e. The van der Waals surface area contributed by atoms with Crippen molar-refractivity contribution in [3.63, 3.8) is 0 Å². The van der Waals surface area contributed by atoms with Crippen LogP contribution in [0.4, 0.5) is 0 Å². The Bertz CT molecular complexity index is 946. The van der Waals surface area contributed by atoms with E-state index in [9.17, 15) is 13.2 Å². The van der Waals surface area contributed by atoms with Gasteiger partial charge in [0, 0.05) is 11.6 Å². The van der Waals surface area contributed by atoms with Gasteiger partial charge in [-0.3, -0.25) is 4.79 Å². The fraction of sp³-hybridized carbons (Fsp3) is 0.526. The van der Waals surface area contributed by atoms with Crippen LogP contribution in [-0.2, 0) is 20.0 Å². The van der Waals surface area contributed by atoms with Crippen molar-refractivity contribution < 1.29 is 17.6 Å². The molecule has 2 atom stereocenters. The summed E-state index contributed by atoms with van der Waals surface area (Å²) < 4.78 is 28.7. The molecule has 1 saturated heterocycles. The molecular formula is C19H25N3O4S2. The van der Waals surface area contributed by atoms with Gasteiger partial charge in [-0.05, 0) is 36.5 Å². The van der Waals surface area contributed by atoms with Gasteiger partial charge in [0.05, 0.1) is 16.8 Å². The third-order valence-corrected chi connectivity index (χ3v) is 7.33. The van der Waals surface area contributed by atoms with Crippen LogP contribution in [0.3, 0.4) is 0 Å². The van der Waals surface area contributed by atoms with E-state index in [1.54, 1.807) is 6.92 Å². The smallest absolute Gasteiger partial charge is 0.277 e. The number of rotatable bonds is 5. The molecule has 0 saturated carbocycles. The second-order valence-corrected chi connectivity index (χ2v) is 11.6. The molecule has 1 aromatic heterocycles. The van der Waals surface area contributed by atoms with Crippen molar-refractivity contribution in [3.8, 4) is 11.5 Å². The number of nitrogens with one attached hydrogen (secondary N) is 1. The van der Waals surface area contributed by atoms with Crippen LogP contribution in [0.2, 0.25) is 0 Å². The summed E-state index contributed by atoms with van der Waals surface area (Å²) >= 11 is 1.16. The Hall–Kier alpha value is -1.87. The number of benzene rings is 1. The van der Waals surface area contributed by atoms with Crippen LogP contribution < -0.4 is 5.32 Å². The second kappa shape index (κ2) is 7.87. The van der Waals surface area contributed by atoms with Gasteiger partial charge in [0.25, 0.3) is 5.22 Å². The molecule has 0 radical (unpaired) electrons. The predicted octanol–water partition coefficient (Wildman–Crippen LogP) is 2.82. The van der Waals surface area contributed by atoms with Crippen molar-refractivity contribution in [1.29, 1.82) is 0 Å². The van der Waals surface area contributed by atoms with Gasteiger partial charge in [0.15, 0.2) is 9.84 Å². The first-order valence-corrected chi connectivity index (χ1v) is 11.9. The van der Waals surface area contributed by atoms with Gasteiger partial charge in [0.2, 0.25) is 11.8 Å². The van der Waals surface area contributed by atoms with E-state index in [4.69, 9.17) is 4.42 Å². The van der Waals surface area contributed by atoms with Crippen LogP contribution in [0.5, 0.6) is 0 Å². The number of thioether (sulfide) groups is 1. The van der Waals surface area contributed by atoms with Crippen molar-refractivity contribution in [3.05, 3.63) is 29.8 Å². The number of carbonyl (C=O) groups excluding carboxylic acids is 1. The zero-order valence-electron chi connectivity index (χ0n) is 16.4. The van der Waals surface area contributed by atoms with E-state index < -0.39 is 15.1 Å². The maximum atomic E-state index is 12.3. The van der Waals surface area contributed by atoms with Crippen molar-refractivity contribution >= 4 is 27.5 Å². The van der Waals surface area contributed by atoms with E-state index in [1.807, 2.05) is 24.3 Å². The highest BCUT2D eigenvalue weighted by molar-refractivity contribution is 8.00. The lowest BCUT2D eigenvalue weighted by Gasteiger charge is -2.18. The number of carbonyl (C=O) groups is 1. The highest BCUT2D eigenvalue weighted by Gasteiger charge is 2.30. The fourth-order valence-electron chi connectivity index (χ4n) is 2.92. The number of hydrogen-bond acceptors (Lipinski definition) is 7. The molecular weight excluding hydrogens is 398 g/mol. The van der Waals surface area contributed by atoms with Crippen LogP contribution >= 0.6 is 11.8 Å². The Kier molecular flexibility index (Phi) is 5.86. The first-order valence-electron chi connectivity index (χ1n) is 9.15. The molecule has 1 aliphatic heterocycles. The van der Waals surface area contributed by atoms with Crippen LogP contribution in [0.15, 0.2) is 33.9 Å². The summed E-state index contributed by atoms with van der Waals surface area (Å²) in [5, 5.41) is 10.7. The summed E-state index contributed by atoms with van der Waals surface area (Å²) in [4.78, 5) is 12.3. The summed E-state index contributed by atoms with van der Waals surface area (Å²) in [6, 6.07) is 7.65. The van der Waals surface area contributed by atoms with E-state index >= 15 is 0 Å². The van der Waals surface area contributed by atoms with Crippen LogP contribution in [0.25, 0.3) is 11.5 Å². The molecule has 28 heavy (non-hydrogen) atoms. The third-order valence-electron chi connectivity index (χ3n) is 4.63. The molecule has 2 unspecified atom stereocenters. The second-order valence-electron chi connectivity index (χ2n) is 8.07. The molecule has 7 nitrogen and oxygen atoms in total. The Morgan fingerprint density at radius 2 is 1.93 bits per heavy atom. The molecule has 1 N–H and O–H groups in total. The summed E-state index contributed by atoms with van der Waals surface area (Å²) in [5.74, 6) is 0.296. The summed E-state index contributed by atoms with van der Waals surface area (Å²) in [6.45, 7) is 8.18. The van der Waals surface area contributed by atoms with E-state index in [1.165, 1.54) is 5.56 Å². The zero-order chi connectivity index (χ0) is 20.5. The van der Waals surface area contributed by atoms with Crippen LogP contribution in [-0.4, -0.2) is 47.3 Å². The summed E-state index contributed by atoms with van der Waals surface area (Å²) in [6.07, 6.45) is 0.459. The lowest BCUT2D eigenvalue weighted by atomic mass is 9.87. The Balaban J connectivity index is 1.60. The van der Waals surface area contributed by atoms with Gasteiger partial charge in [-0.1, -0.05) is 44.7 Å². The van der Waals surface area contributed by atoms with Gasteiger partial charge in [-0.15, -0.1) is 10.2 Å². The fourth-order valence-corrected chi connectivity index (χ4v) is 5.28. The Morgan fingerprint density at radius 1 is 1.25 bits per heavy atom. The van der Waals surface area contributed by atoms with Gasteiger partial charge in [-0.25, -0.2) is 8.42 Å². The summed E-state index contributed by atoms with van der Waals surface area (Å²) in [5.41, 5.74) is 2.10. The molecule has 1 aliphatic rings. The average molecular weight is 424 g/mol. The molecule has 0 aliphatic carbocycles. The standard InChI is InChI=1S/C19H25N3O4S2/c1-12(16(23)20-15-9-10-28(24,25)11-15)27-18-22-21-17(26-18)13-5-7-14(8-6-13)19(2,3)4/h5-8,12,15H,9-11H2,1-4H3,(H,20,23). The molecule has 152 valence electrons. The molecule has 1 aromatic carbocycles. The number of aromatic nitrogens is 2. The minimum Gasteiger partial charge on any atom is -0.411 e. The molecule has 0 bridgehead atoms. The zero-order valence-corrected chi connectivity index (χ0v) is 18.1. The Morgan fingerprint density at radius 3 is 2.50 bits per heavy atom. The maximum Gasteiger partial charge on any atom is 0.277 e. The quantitative estimate of drug-likeness (QED) is 0.738. The van der Waals surface area contributed by atoms with E-state index in [2.05, 4.69) is 36.3 Å². The first kappa shape index (κ1) is 20.9. The lowest BCUT2D eigenvalue weighted by molar-refractivity contribution is -0.120. The Labute approximate surface area is 169 Å². The van der Waals surface area contributed by atoms with Gasteiger partial charge < -0.3 is 9.73 Å². The highest BCUT2D eigenvalue weighted by atomic mass is 32.2. The maximum absolute atomic E-state index is 12.3. The van der Waals surface area contributed by atoms with E-state index in [0.717, 1.165) is 17.3 Å². The number of amides is 1. The van der Waals surface area contributed by atoms with Crippen molar-refractivity contribution in [1.82, 2.24) is 15.5 Å². The molecule has 2 aromatic rings. The van der Waals surface area contributed by atoms with Gasteiger partial charge in [0.1, 0.15) is 0 Å². The van der Waals surface area contributed by atoms with Crippen molar-refractivity contribution in [2.75, 3.05) is 11.5 Å². The number of hydrogen-bond donors (Lipinski definition) is 1. The number of nitrogens with zero attached hydrogens (tertiary/aromatic N) is 2. The molecule has 2 heterocycles. The van der Waals surface area contributed by atoms with Gasteiger partial charge in [-0.2, -0.15) is 0 Å². The van der Waals surface area contributed by atoms with Crippen molar-refractivity contribution in [2.24, 2.45) is 0 Å².